The molecule has 3 aromatic heterocycles. The third kappa shape index (κ3) is 3.45. The molecule has 1 fully saturated rings. The first-order valence-corrected chi connectivity index (χ1v) is 12.0. The Balaban J connectivity index is 1.54. The zero-order chi connectivity index (χ0) is 21.7. The Labute approximate surface area is 191 Å². The van der Waals surface area contributed by atoms with Gasteiger partial charge in [-0.15, -0.1) is 11.3 Å². The van der Waals surface area contributed by atoms with Crippen molar-refractivity contribution in [2.45, 2.75) is 51.4 Å². The minimum atomic E-state index is -0.225. The fourth-order valence-corrected chi connectivity index (χ4v) is 5.91. The Bertz CT molecular complexity index is 1300. The second-order valence-corrected chi connectivity index (χ2v) is 10.2. The summed E-state index contributed by atoms with van der Waals surface area (Å²) in [5.41, 5.74) is 5.37. The zero-order valence-corrected chi connectivity index (χ0v) is 19.2. The van der Waals surface area contributed by atoms with E-state index in [4.69, 9.17) is 19.4 Å². The molecule has 6 nitrogen and oxygen atoms in total. The summed E-state index contributed by atoms with van der Waals surface area (Å²) in [4.78, 5) is 15.4. The minimum absolute atomic E-state index is 0.225. The van der Waals surface area contributed by atoms with Crippen molar-refractivity contribution in [3.05, 3.63) is 47.8 Å². The minimum Gasteiger partial charge on any atom is -0.376 e. The number of aromatic nitrogens is 3. The van der Waals surface area contributed by atoms with E-state index in [1.165, 1.54) is 11.1 Å². The smallest absolute Gasteiger partial charge is 0.147 e. The van der Waals surface area contributed by atoms with Gasteiger partial charge in [-0.2, -0.15) is 0 Å². The van der Waals surface area contributed by atoms with Crippen molar-refractivity contribution in [3.8, 4) is 11.3 Å². The second-order valence-electron chi connectivity index (χ2n) is 9.21. The predicted molar refractivity (Wildman–Crippen MR) is 128 cm³/mol. The van der Waals surface area contributed by atoms with E-state index in [2.05, 4.69) is 48.4 Å². The summed E-state index contributed by atoms with van der Waals surface area (Å²) in [6, 6.07) is 10.4. The van der Waals surface area contributed by atoms with Gasteiger partial charge in [-0.05, 0) is 32.3 Å². The molecule has 7 heteroatoms. The van der Waals surface area contributed by atoms with E-state index in [1.807, 2.05) is 6.07 Å². The topological polar surface area (TPSA) is 69.2 Å². The fraction of sp³-hybridized carbons (Fsp3) is 0.400. The van der Waals surface area contributed by atoms with E-state index in [0.717, 1.165) is 69.9 Å². The number of fused-ring (bicyclic) bond motifs is 5. The number of pyridine rings is 1. The highest BCUT2D eigenvalue weighted by Crippen LogP contribution is 2.44. The summed E-state index contributed by atoms with van der Waals surface area (Å²) < 4.78 is 13.1. The van der Waals surface area contributed by atoms with E-state index in [0.29, 0.717) is 6.61 Å². The third-order valence-electron chi connectivity index (χ3n) is 6.40. The maximum atomic E-state index is 6.22. The average molecular weight is 447 g/mol. The fourth-order valence-electron chi connectivity index (χ4n) is 4.78. The molecule has 0 radical (unpaired) electrons. The lowest BCUT2D eigenvalue weighted by molar-refractivity contribution is -0.0394. The van der Waals surface area contributed by atoms with Gasteiger partial charge in [0.1, 0.15) is 17.0 Å². The number of ether oxygens (including phenoxy) is 2. The monoisotopic (exact) mass is 446 g/mol. The van der Waals surface area contributed by atoms with Gasteiger partial charge in [-0.3, -0.25) is 0 Å². The van der Waals surface area contributed by atoms with Gasteiger partial charge in [-0.25, -0.2) is 15.0 Å². The Morgan fingerprint density at radius 1 is 1.16 bits per heavy atom. The standard InChI is InChI=1S/C25H26N4O2S/c1-25(2)11-17-18(13-31-25)20(15-7-4-3-5-8-15)29-24-19(17)21-22(32-24)23(28-14-27-21)26-12-16-9-6-10-30-16/h3-5,7-8,14,16H,6,9-13H2,1-2H3,(H,26,27,28)/t16-/m1/s1. The quantitative estimate of drug-likeness (QED) is 0.456. The normalized spacial score (nSPS) is 20.0. The third-order valence-corrected chi connectivity index (χ3v) is 7.48. The van der Waals surface area contributed by atoms with E-state index in [-0.39, 0.29) is 11.7 Å². The summed E-state index contributed by atoms with van der Waals surface area (Å²) in [6.07, 6.45) is 4.97. The van der Waals surface area contributed by atoms with Crippen LogP contribution in [0.15, 0.2) is 36.7 Å². The zero-order valence-electron chi connectivity index (χ0n) is 18.4. The van der Waals surface area contributed by atoms with E-state index in [9.17, 15) is 0 Å². The highest BCUT2D eigenvalue weighted by molar-refractivity contribution is 7.26. The van der Waals surface area contributed by atoms with Crippen LogP contribution in [0.1, 0.15) is 37.8 Å². The van der Waals surface area contributed by atoms with Crippen molar-refractivity contribution in [1.29, 1.82) is 0 Å². The average Bonchev–Trinajstić information content (AvgIpc) is 3.45. The lowest BCUT2D eigenvalue weighted by atomic mass is 9.88. The van der Waals surface area contributed by atoms with Crippen molar-refractivity contribution < 1.29 is 9.47 Å². The summed E-state index contributed by atoms with van der Waals surface area (Å²) >= 11 is 1.67. The highest BCUT2D eigenvalue weighted by atomic mass is 32.1. The van der Waals surface area contributed by atoms with Gasteiger partial charge in [0.2, 0.25) is 0 Å². The highest BCUT2D eigenvalue weighted by Gasteiger charge is 2.32. The number of benzene rings is 1. The van der Waals surface area contributed by atoms with Crippen LogP contribution in [-0.4, -0.2) is 39.8 Å². The van der Waals surface area contributed by atoms with Crippen molar-refractivity contribution in [2.24, 2.45) is 0 Å². The van der Waals surface area contributed by atoms with Gasteiger partial charge < -0.3 is 14.8 Å². The molecule has 1 atom stereocenters. The molecule has 5 heterocycles. The molecule has 1 aromatic carbocycles. The first-order valence-electron chi connectivity index (χ1n) is 11.2. The number of anilines is 1. The molecule has 0 spiro atoms. The molecular weight excluding hydrogens is 420 g/mol. The summed E-state index contributed by atoms with van der Waals surface area (Å²) in [5, 5.41) is 4.67. The molecule has 1 N–H and O–H groups in total. The van der Waals surface area contributed by atoms with Gasteiger partial charge in [-0.1, -0.05) is 30.3 Å². The van der Waals surface area contributed by atoms with Crippen LogP contribution in [0.25, 0.3) is 31.7 Å². The number of nitrogens with zero attached hydrogens (tertiary/aromatic N) is 3. The maximum Gasteiger partial charge on any atom is 0.147 e. The number of rotatable bonds is 4. The number of hydrogen-bond acceptors (Lipinski definition) is 7. The van der Waals surface area contributed by atoms with Crippen LogP contribution in [0.5, 0.6) is 0 Å². The van der Waals surface area contributed by atoms with Crippen molar-refractivity contribution in [2.75, 3.05) is 18.5 Å². The SMILES string of the molecule is CC1(C)Cc2c(c(-c3ccccc3)nc3sc4c(NC[C@H]5CCCO5)ncnc4c23)CO1. The first-order chi connectivity index (χ1) is 15.6. The molecule has 1 saturated heterocycles. The predicted octanol–water partition coefficient (Wildman–Crippen LogP) is 5.35. The molecule has 0 bridgehead atoms. The molecule has 0 amide bonds. The molecule has 0 saturated carbocycles. The van der Waals surface area contributed by atoms with Gasteiger partial charge in [0.05, 0.1) is 34.2 Å². The number of hydrogen-bond donors (Lipinski definition) is 1. The van der Waals surface area contributed by atoms with Crippen LogP contribution in [0.4, 0.5) is 5.82 Å². The van der Waals surface area contributed by atoms with Crippen LogP contribution in [-0.2, 0) is 22.5 Å². The van der Waals surface area contributed by atoms with Gasteiger partial charge in [0, 0.05) is 36.1 Å². The van der Waals surface area contributed by atoms with Crippen LogP contribution < -0.4 is 5.32 Å². The van der Waals surface area contributed by atoms with Crippen LogP contribution in [0, 0.1) is 0 Å². The lowest BCUT2D eigenvalue weighted by Gasteiger charge is -2.33. The Kier molecular flexibility index (Phi) is 4.86. The van der Waals surface area contributed by atoms with E-state index < -0.39 is 0 Å². The van der Waals surface area contributed by atoms with Crippen LogP contribution in [0.3, 0.4) is 0 Å². The molecule has 2 aliphatic heterocycles. The summed E-state index contributed by atoms with van der Waals surface area (Å²) in [7, 11) is 0. The van der Waals surface area contributed by atoms with Crippen LogP contribution in [0.2, 0.25) is 0 Å². The molecular formula is C25H26N4O2S. The Morgan fingerprint density at radius 3 is 2.84 bits per heavy atom. The summed E-state index contributed by atoms with van der Waals surface area (Å²) in [5.74, 6) is 0.870. The molecule has 0 unspecified atom stereocenters. The molecule has 0 aliphatic carbocycles. The molecule has 6 rings (SSSR count). The molecule has 32 heavy (non-hydrogen) atoms. The molecule has 2 aliphatic rings. The number of thiophene rings is 1. The molecule has 164 valence electrons. The van der Waals surface area contributed by atoms with E-state index in [1.54, 1.807) is 17.7 Å². The van der Waals surface area contributed by atoms with Crippen molar-refractivity contribution in [1.82, 2.24) is 15.0 Å². The van der Waals surface area contributed by atoms with Gasteiger partial charge >= 0.3 is 0 Å². The Morgan fingerprint density at radius 2 is 2.03 bits per heavy atom. The lowest BCUT2D eigenvalue weighted by Crippen LogP contribution is -2.32. The van der Waals surface area contributed by atoms with Crippen LogP contribution >= 0.6 is 11.3 Å². The Hall–Kier alpha value is -2.61. The first kappa shape index (κ1) is 20.0. The van der Waals surface area contributed by atoms with Gasteiger partial charge in [0.25, 0.3) is 0 Å². The van der Waals surface area contributed by atoms with Crippen molar-refractivity contribution >= 4 is 37.6 Å². The second kappa shape index (κ2) is 7.76. The van der Waals surface area contributed by atoms with Crippen molar-refractivity contribution in [3.63, 3.8) is 0 Å². The van der Waals surface area contributed by atoms with E-state index >= 15 is 0 Å². The molecule has 4 aromatic rings. The summed E-state index contributed by atoms with van der Waals surface area (Å²) in [6.45, 7) is 6.49. The number of nitrogens with one attached hydrogen (secondary N) is 1. The largest absolute Gasteiger partial charge is 0.376 e. The van der Waals surface area contributed by atoms with Gasteiger partial charge in [0.15, 0.2) is 0 Å². The maximum absolute atomic E-state index is 6.22.